The van der Waals surface area contributed by atoms with Crippen molar-refractivity contribution in [3.05, 3.63) is 0 Å². The van der Waals surface area contributed by atoms with Crippen molar-refractivity contribution in [3.63, 3.8) is 0 Å². The monoisotopic (exact) mass is 146 g/mol. The topological polar surface area (TPSA) is 46.5 Å². The minimum absolute atomic E-state index is 0.299. The van der Waals surface area contributed by atoms with E-state index in [0.717, 1.165) is 0 Å². The van der Waals surface area contributed by atoms with E-state index in [2.05, 4.69) is 4.74 Å². The highest BCUT2D eigenvalue weighted by molar-refractivity contribution is 5.56. The van der Waals surface area contributed by atoms with Crippen LogP contribution < -0.4 is 0 Å². The molecule has 0 rings (SSSR count). The first-order valence-electron chi connectivity index (χ1n) is 3.39. The third kappa shape index (κ3) is 4.18. The number of hydrogen-bond acceptors (Lipinski definition) is 2. The van der Waals surface area contributed by atoms with E-state index in [-0.39, 0.29) is 0 Å². The molecular weight excluding hydrogens is 132 g/mol. The summed E-state index contributed by atoms with van der Waals surface area (Å²) in [6.45, 7) is 6.34. The Hall–Kier alpha value is -0.730. The third-order valence-corrected chi connectivity index (χ3v) is 1.61. The molecule has 0 aromatic heterocycles. The maximum Gasteiger partial charge on any atom is 0.505 e. The zero-order chi connectivity index (χ0) is 8.15. The minimum atomic E-state index is -1.19. The van der Waals surface area contributed by atoms with Gasteiger partial charge in [0, 0.05) is 0 Å². The fourth-order valence-electron chi connectivity index (χ4n) is 0.395. The Balaban J connectivity index is 3.39. The predicted molar refractivity (Wildman–Crippen MR) is 38.0 cm³/mol. The van der Waals surface area contributed by atoms with E-state index in [1.54, 1.807) is 0 Å². The molecule has 3 heteroatoms. The summed E-state index contributed by atoms with van der Waals surface area (Å²) in [5.41, 5.74) is 0. The lowest BCUT2D eigenvalue weighted by molar-refractivity contribution is 0.0725. The zero-order valence-electron chi connectivity index (χ0n) is 6.63. The van der Waals surface area contributed by atoms with E-state index in [1.807, 2.05) is 20.8 Å². The van der Waals surface area contributed by atoms with Crippen LogP contribution >= 0.6 is 0 Å². The molecule has 0 aliphatic carbocycles. The van der Waals surface area contributed by atoms with Gasteiger partial charge in [-0.05, 0) is 11.8 Å². The van der Waals surface area contributed by atoms with E-state index < -0.39 is 6.16 Å². The van der Waals surface area contributed by atoms with Crippen molar-refractivity contribution in [2.75, 3.05) is 6.61 Å². The van der Waals surface area contributed by atoms with Gasteiger partial charge in [-0.1, -0.05) is 20.8 Å². The van der Waals surface area contributed by atoms with Crippen molar-refractivity contribution in [1.29, 1.82) is 0 Å². The Morgan fingerprint density at radius 1 is 1.50 bits per heavy atom. The smallest absolute Gasteiger partial charge is 0.450 e. The quantitative estimate of drug-likeness (QED) is 0.619. The summed E-state index contributed by atoms with van der Waals surface area (Å²) in [4.78, 5) is 9.90. The van der Waals surface area contributed by atoms with Crippen molar-refractivity contribution in [3.8, 4) is 0 Å². The molecule has 1 atom stereocenters. The van der Waals surface area contributed by atoms with Gasteiger partial charge >= 0.3 is 6.16 Å². The molecule has 0 radical (unpaired) electrons. The Morgan fingerprint density at radius 3 is 2.30 bits per heavy atom. The second-order valence-electron chi connectivity index (χ2n) is 2.80. The van der Waals surface area contributed by atoms with Gasteiger partial charge in [0.2, 0.25) is 0 Å². The Kier molecular flexibility index (Phi) is 3.84. The van der Waals surface area contributed by atoms with E-state index in [0.29, 0.717) is 18.4 Å². The molecule has 0 spiro atoms. The van der Waals surface area contributed by atoms with Crippen LogP contribution in [0.4, 0.5) is 4.79 Å². The van der Waals surface area contributed by atoms with E-state index in [1.165, 1.54) is 0 Å². The molecule has 0 fully saturated rings. The highest BCUT2D eigenvalue weighted by Gasteiger charge is 2.08. The number of hydrogen-bond donors (Lipinski definition) is 1. The highest BCUT2D eigenvalue weighted by Crippen LogP contribution is 2.09. The average molecular weight is 146 g/mol. The number of ether oxygens (including phenoxy) is 1. The van der Waals surface area contributed by atoms with Gasteiger partial charge in [-0.25, -0.2) is 4.79 Å². The van der Waals surface area contributed by atoms with Gasteiger partial charge in [0.1, 0.15) is 0 Å². The molecule has 0 aliphatic heterocycles. The first-order valence-corrected chi connectivity index (χ1v) is 3.39. The van der Waals surface area contributed by atoms with Crippen LogP contribution in [0.25, 0.3) is 0 Å². The normalized spacial score (nSPS) is 13.2. The van der Waals surface area contributed by atoms with Crippen LogP contribution in [0.15, 0.2) is 0 Å². The Bertz CT molecular complexity index is 109. The number of rotatable bonds is 3. The third-order valence-electron chi connectivity index (χ3n) is 1.61. The summed E-state index contributed by atoms with van der Waals surface area (Å²) in [7, 11) is 0. The predicted octanol–water partition coefficient (Wildman–Crippen LogP) is 1.97. The number of carbonyl (C=O) groups is 1. The molecular formula is C7H14O3. The average Bonchev–Trinajstić information content (AvgIpc) is 1.82. The fraction of sp³-hybridized carbons (Fsp3) is 0.857. The van der Waals surface area contributed by atoms with Crippen molar-refractivity contribution in [2.45, 2.75) is 20.8 Å². The lowest BCUT2D eigenvalue weighted by Gasteiger charge is -2.13. The van der Waals surface area contributed by atoms with Crippen LogP contribution in [0.1, 0.15) is 20.8 Å². The van der Waals surface area contributed by atoms with Crippen LogP contribution in [0, 0.1) is 11.8 Å². The molecule has 0 saturated heterocycles. The van der Waals surface area contributed by atoms with Crippen LogP contribution in [-0.2, 0) is 4.74 Å². The second kappa shape index (κ2) is 4.14. The van der Waals surface area contributed by atoms with Gasteiger partial charge in [0.15, 0.2) is 0 Å². The standard InChI is InChI=1S/C7H14O3/c1-5(2)6(3)4-10-7(8)9/h5-6H,4H2,1-3H3,(H,8,9). The van der Waals surface area contributed by atoms with Crippen molar-refractivity contribution < 1.29 is 14.6 Å². The zero-order valence-corrected chi connectivity index (χ0v) is 6.63. The molecule has 10 heavy (non-hydrogen) atoms. The molecule has 1 N–H and O–H groups in total. The molecule has 0 aromatic carbocycles. The molecule has 0 aromatic rings. The molecule has 0 heterocycles. The van der Waals surface area contributed by atoms with Crippen molar-refractivity contribution in [2.24, 2.45) is 11.8 Å². The summed E-state index contributed by atoms with van der Waals surface area (Å²) < 4.78 is 4.38. The van der Waals surface area contributed by atoms with Gasteiger partial charge in [-0.2, -0.15) is 0 Å². The maximum absolute atomic E-state index is 9.90. The SMILES string of the molecule is CC(C)C(C)COC(=O)O. The van der Waals surface area contributed by atoms with Crippen LogP contribution in [0.2, 0.25) is 0 Å². The molecule has 60 valence electrons. The van der Waals surface area contributed by atoms with Gasteiger partial charge in [0.05, 0.1) is 6.61 Å². The summed E-state index contributed by atoms with van der Waals surface area (Å²) in [5.74, 6) is 0.774. The van der Waals surface area contributed by atoms with Gasteiger partial charge in [-0.3, -0.25) is 0 Å². The van der Waals surface area contributed by atoms with E-state index >= 15 is 0 Å². The molecule has 1 unspecified atom stereocenters. The van der Waals surface area contributed by atoms with Crippen LogP contribution in [-0.4, -0.2) is 17.9 Å². The second-order valence-corrected chi connectivity index (χ2v) is 2.80. The summed E-state index contributed by atoms with van der Waals surface area (Å²) in [5, 5.41) is 8.12. The van der Waals surface area contributed by atoms with Gasteiger partial charge in [-0.15, -0.1) is 0 Å². The van der Waals surface area contributed by atoms with E-state index in [4.69, 9.17) is 5.11 Å². The molecule has 0 saturated carbocycles. The minimum Gasteiger partial charge on any atom is -0.450 e. The summed E-state index contributed by atoms with van der Waals surface area (Å²) in [6, 6.07) is 0. The molecule has 0 aliphatic rings. The first-order chi connectivity index (χ1) is 4.54. The summed E-state index contributed by atoms with van der Waals surface area (Å²) in [6.07, 6.45) is -1.19. The van der Waals surface area contributed by atoms with E-state index in [9.17, 15) is 4.79 Å². The first kappa shape index (κ1) is 9.27. The van der Waals surface area contributed by atoms with Gasteiger partial charge < -0.3 is 9.84 Å². The maximum atomic E-state index is 9.90. The number of carboxylic acid groups (broad SMARTS) is 1. The lowest BCUT2D eigenvalue weighted by atomic mass is 10.00. The van der Waals surface area contributed by atoms with Crippen LogP contribution in [0.3, 0.4) is 0 Å². The van der Waals surface area contributed by atoms with Crippen molar-refractivity contribution >= 4 is 6.16 Å². The molecule has 0 bridgehead atoms. The molecule has 0 amide bonds. The fourth-order valence-corrected chi connectivity index (χ4v) is 0.395. The van der Waals surface area contributed by atoms with Gasteiger partial charge in [0.25, 0.3) is 0 Å². The van der Waals surface area contributed by atoms with Crippen LogP contribution in [0.5, 0.6) is 0 Å². The highest BCUT2D eigenvalue weighted by atomic mass is 16.7. The Labute approximate surface area is 61.0 Å². The Morgan fingerprint density at radius 2 is 2.00 bits per heavy atom. The van der Waals surface area contributed by atoms with Crippen molar-refractivity contribution in [1.82, 2.24) is 0 Å². The lowest BCUT2D eigenvalue weighted by Crippen LogP contribution is -2.14. The largest absolute Gasteiger partial charge is 0.505 e. The summed E-state index contributed by atoms with van der Waals surface area (Å²) >= 11 is 0. The molecule has 3 nitrogen and oxygen atoms in total.